The fourth-order valence-electron chi connectivity index (χ4n) is 1.55. The molecule has 1 aliphatic carbocycles. The first-order chi connectivity index (χ1) is 9.65. The zero-order valence-corrected chi connectivity index (χ0v) is 11.4. The number of rotatable bonds is 2. The molecule has 1 heterocycles. The summed E-state index contributed by atoms with van der Waals surface area (Å²) in [4.78, 5) is 18.9. The summed E-state index contributed by atoms with van der Waals surface area (Å²) in [5.41, 5.74) is 6.75. The second-order valence-corrected chi connectivity index (χ2v) is 4.75. The molecule has 1 aromatic carbocycles. The second-order valence-electron chi connectivity index (χ2n) is 4.75. The lowest BCUT2D eigenvalue weighted by Gasteiger charge is -2.02. The smallest absolute Gasteiger partial charge is 0.228 e. The average Bonchev–Trinajstić information content (AvgIpc) is 3.24. The Hall–Kier alpha value is -2.43. The van der Waals surface area contributed by atoms with E-state index < -0.39 is 0 Å². The minimum absolute atomic E-state index is 0.0260. The normalized spacial score (nSPS) is 13.1. The van der Waals surface area contributed by atoms with E-state index in [1.165, 1.54) is 11.9 Å². The van der Waals surface area contributed by atoms with E-state index in [0.717, 1.165) is 12.8 Å². The lowest BCUT2D eigenvalue weighted by atomic mass is 10.2. The monoisotopic (exact) mass is 270 g/mol. The number of aromatic nitrogens is 2. The largest absolute Gasteiger partial charge is 0.384 e. The molecule has 3 N–H and O–H groups in total. The molecule has 0 bridgehead atoms. The Bertz CT molecular complexity index is 567. The number of nitrogens with one attached hydrogen (secondary N) is 1. The number of nitrogen functional groups attached to an aromatic ring is 1. The van der Waals surface area contributed by atoms with Crippen LogP contribution < -0.4 is 11.1 Å². The molecule has 0 aliphatic heterocycles. The number of anilines is 2. The van der Waals surface area contributed by atoms with E-state index in [2.05, 4.69) is 34.3 Å². The summed E-state index contributed by atoms with van der Waals surface area (Å²) in [6.07, 6.45) is 3.29. The van der Waals surface area contributed by atoms with Gasteiger partial charge in [0.25, 0.3) is 0 Å². The van der Waals surface area contributed by atoms with Gasteiger partial charge in [0, 0.05) is 12.0 Å². The van der Waals surface area contributed by atoms with E-state index in [0.29, 0.717) is 11.6 Å². The lowest BCUT2D eigenvalue weighted by molar-refractivity contribution is -0.117. The van der Waals surface area contributed by atoms with Gasteiger partial charge in [0.1, 0.15) is 18.0 Å². The van der Waals surface area contributed by atoms with Crippen LogP contribution in [0.4, 0.5) is 11.6 Å². The van der Waals surface area contributed by atoms with Gasteiger partial charge < -0.3 is 11.1 Å². The zero-order chi connectivity index (χ0) is 14.4. The van der Waals surface area contributed by atoms with Gasteiger partial charge in [0.05, 0.1) is 0 Å². The molecule has 1 amide bonds. The van der Waals surface area contributed by atoms with Crippen LogP contribution in [0.1, 0.15) is 18.4 Å². The lowest BCUT2D eigenvalue weighted by Crippen LogP contribution is -2.14. The standard InChI is InChI=1S/C8H10N4O.C7H8/c9-6-3-7(11-4-10-6)12-8(13)5-1-2-5;1-7-5-3-2-4-6-7/h3-5H,1-2H2,(H3,9,10,11,12,13);2-6H,1H3. The number of nitrogens with two attached hydrogens (primary N) is 1. The van der Waals surface area contributed by atoms with E-state index in [9.17, 15) is 4.79 Å². The van der Waals surface area contributed by atoms with Crippen LogP contribution in [0, 0.1) is 12.8 Å². The van der Waals surface area contributed by atoms with Gasteiger partial charge in [-0.15, -0.1) is 0 Å². The molecule has 1 aliphatic rings. The molecular weight excluding hydrogens is 252 g/mol. The van der Waals surface area contributed by atoms with Crippen LogP contribution in [0.3, 0.4) is 0 Å². The molecule has 20 heavy (non-hydrogen) atoms. The fraction of sp³-hybridized carbons (Fsp3) is 0.267. The number of amides is 1. The molecular formula is C15H18N4O. The summed E-state index contributed by atoms with van der Waals surface area (Å²) in [5, 5.41) is 2.67. The van der Waals surface area contributed by atoms with Gasteiger partial charge in [-0.25, -0.2) is 9.97 Å². The molecule has 1 aromatic heterocycles. The maximum Gasteiger partial charge on any atom is 0.228 e. The molecule has 1 fully saturated rings. The first kappa shape index (κ1) is 14.0. The quantitative estimate of drug-likeness (QED) is 0.878. The maximum atomic E-state index is 11.3. The Labute approximate surface area is 118 Å². The van der Waals surface area contributed by atoms with Crippen molar-refractivity contribution < 1.29 is 4.79 Å². The molecule has 104 valence electrons. The third-order valence-corrected chi connectivity index (χ3v) is 2.83. The number of hydrogen-bond acceptors (Lipinski definition) is 4. The van der Waals surface area contributed by atoms with Crippen LogP contribution in [-0.2, 0) is 4.79 Å². The first-order valence-electron chi connectivity index (χ1n) is 6.55. The minimum atomic E-state index is 0.0260. The second kappa shape index (κ2) is 6.65. The van der Waals surface area contributed by atoms with Gasteiger partial charge in [0.15, 0.2) is 0 Å². The molecule has 3 rings (SSSR count). The Balaban J connectivity index is 0.000000178. The molecule has 0 atom stereocenters. The van der Waals surface area contributed by atoms with E-state index >= 15 is 0 Å². The Kier molecular flexibility index (Phi) is 4.65. The van der Waals surface area contributed by atoms with E-state index in [4.69, 9.17) is 5.73 Å². The Morgan fingerprint density at radius 3 is 2.45 bits per heavy atom. The van der Waals surface area contributed by atoms with Gasteiger partial charge in [-0.3, -0.25) is 4.79 Å². The third kappa shape index (κ3) is 4.68. The number of hydrogen-bond donors (Lipinski definition) is 2. The summed E-state index contributed by atoms with van der Waals surface area (Å²) in [7, 11) is 0. The van der Waals surface area contributed by atoms with Gasteiger partial charge in [0.2, 0.25) is 5.91 Å². The van der Waals surface area contributed by atoms with Crippen molar-refractivity contribution in [3.05, 3.63) is 48.3 Å². The van der Waals surface area contributed by atoms with Crippen molar-refractivity contribution in [2.45, 2.75) is 19.8 Å². The molecule has 5 heteroatoms. The molecule has 0 unspecified atom stereocenters. The number of benzene rings is 1. The predicted molar refractivity (Wildman–Crippen MR) is 79.0 cm³/mol. The topological polar surface area (TPSA) is 80.9 Å². The third-order valence-electron chi connectivity index (χ3n) is 2.83. The van der Waals surface area contributed by atoms with Crippen molar-refractivity contribution in [1.82, 2.24) is 9.97 Å². The molecule has 0 spiro atoms. The minimum Gasteiger partial charge on any atom is -0.384 e. The zero-order valence-electron chi connectivity index (χ0n) is 11.4. The maximum absolute atomic E-state index is 11.3. The molecule has 0 saturated heterocycles. The SMILES string of the molecule is Cc1ccccc1.Nc1cc(NC(=O)C2CC2)ncn1. The van der Waals surface area contributed by atoms with Crippen LogP contribution in [0.2, 0.25) is 0 Å². The predicted octanol–water partition coefficient (Wildman–Crippen LogP) is 2.40. The van der Waals surface area contributed by atoms with E-state index in [1.807, 2.05) is 18.2 Å². The summed E-state index contributed by atoms with van der Waals surface area (Å²) in [6.45, 7) is 2.08. The average molecular weight is 270 g/mol. The Morgan fingerprint density at radius 2 is 1.95 bits per heavy atom. The number of carbonyl (C=O) groups excluding carboxylic acids is 1. The number of carbonyl (C=O) groups is 1. The van der Waals surface area contributed by atoms with Crippen molar-refractivity contribution in [2.24, 2.45) is 5.92 Å². The summed E-state index contributed by atoms with van der Waals surface area (Å²) in [6, 6.07) is 11.8. The van der Waals surface area contributed by atoms with Crippen LogP contribution in [0.25, 0.3) is 0 Å². The summed E-state index contributed by atoms with van der Waals surface area (Å²) < 4.78 is 0. The highest BCUT2D eigenvalue weighted by atomic mass is 16.2. The summed E-state index contributed by atoms with van der Waals surface area (Å²) >= 11 is 0. The van der Waals surface area contributed by atoms with Gasteiger partial charge in [-0.1, -0.05) is 35.9 Å². The molecule has 1 saturated carbocycles. The molecule has 5 nitrogen and oxygen atoms in total. The van der Waals surface area contributed by atoms with Crippen molar-refractivity contribution in [2.75, 3.05) is 11.1 Å². The number of aryl methyl sites for hydroxylation is 1. The van der Waals surface area contributed by atoms with Crippen molar-refractivity contribution in [3.8, 4) is 0 Å². The van der Waals surface area contributed by atoms with Crippen LogP contribution in [0.15, 0.2) is 42.7 Å². The summed E-state index contributed by atoms with van der Waals surface area (Å²) in [5.74, 6) is 1.04. The Morgan fingerprint density at radius 1 is 1.25 bits per heavy atom. The molecule has 0 radical (unpaired) electrons. The van der Waals surface area contributed by atoms with Gasteiger partial charge >= 0.3 is 0 Å². The van der Waals surface area contributed by atoms with Crippen molar-refractivity contribution in [1.29, 1.82) is 0 Å². The first-order valence-corrected chi connectivity index (χ1v) is 6.55. The molecule has 2 aromatic rings. The van der Waals surface area contributed by atoms with Crippen molar-refractivity contribution >= 4 is 17.5 Å². The van der Waals surface area contributed by atoms with E-state index in [-0.39, 0.29) is 11.8 Å². The van der Waals surface area contributed by atoms with Crippen LogP contribution in [-0.4, -0.2) is 15.9 Å². The van der Waals surface area contributed by atoms with E-state index in [1.54, 1.807) is 6.07 Å². The van der Waals surface area contributed by atoms with Crippen molar-refractivity contribution in [3.63, 3.8) is 0 Å². The highest BCUT2D eigenvalue weighted by Gasteiger charge is 2.29. The fourth-order valence-corrected chi connectivity index (χ4v) is 1.55. The highest BCUT2D eigenvalue weighted by Crippen LogP contribution is 2.29. The highest BCUT2D eigenvalue weighted by molar-refractivity contribution is 5.93. The van der Waals surface area contributed by atoms with Crippen LogP contribution >= 0.6 is 0 Å². The number of nitrogens with zero attached hydrogens (tertiary/aromatic N) is 2. The van der Waals surface area contributed by atoms with Gasteiger partial charge in [-0.2, -0.15) is 0 Å². The van der Waals surface area contributed by atoms with Crippen LogP contribution in [0.5, 0.6) is 0 Å². The van der Waals surface area contributed by atoms with Gasteiger partial charge in [-0.05, 0) is 19.8 Å².